The van der Waals surface area contributed by atoms with Crippen LogP contribution in [0.1, 0.15) is 33.5 Å². The Morgan fingerprint density at radius 2 is 1.97 bits per heavy atom. The number of Topliss-reactive ketones (excluding diaryl/α,β-unsaturated/α-hetero) is 1. The van der Waals surface area contributed by atoms with E-state index in [4.69, 9.17) is 10.00 Å². The second-order valence-electron chi connectivity index (χ2n) is 6.89. The third-order valence-electron chi connectivity index (χ3n) is 4.72. The summed E-state index contributed by atoms with van der Waals surface area (Å²) in [4.78, 5) is 24.5. The molecule has 0 saturated carbocycles. The maximum absolute atomic E-state index is 12.3. The maximum Gasteiger partial charge on any atom is 0.331 e. The highest BCUT2D eigenvalue weighted by Crippen LogP contribution is 2.23. The summed E-state index contributed by atoms with van der Waals surface area (Å²) < 4.78 is 7.13. The van der Waals surface area contributed by atoms with E-state index in [1.807, 2.05) is 61.0 Å². The fourth-order valence-corrected chi connectivity index (χ4v) is 3.22. The molecule has 0 radical (unpaired) electrons. The lowest BCUT2D eigenvalue weighted by Gasteiger charge is -2.06. The van der Waals surface area contributed by atoms with Gasteiger partial charge >= 0.3 is 5.97 Å². The predicted octanol–water partition coefficient (Wildman–Crippen LogP) is 4.61. The number of carbonyl (C=O) groups excluding carboxylic acids is 2. The van der Waals surface area contributed by atoms with Gasteiger partial charge in [-0.15, -0.1) is 0 Å². The van der Waals surface area contributed by atoms with E-state index in [0.29, 0.717) is 18.5 Å². The van der Waals surface area contributed by atoms with Crippen LogP contribution in [0.3, 0.4) is 0 Å². The van der Waals surface area contributed by atoms with Crippen LogP contribution in [0.15, 0.2) is 54.7 Å². The van der Waals surface area contributed by atoms with Gasteiger partial charge in [-0.2, -0.15) is 5.26 Å². The van der Waals surface area contributed by atoms with E-state index in [1.54, 1.807) is 12.1 Å². The van der Waals surface area contributed by atoms with Gasteiger partial charge in [-0.05, 0) is 37.6 Å². The molecule has 0 fully saturated rings. The number of ether oxygens (including phenoxy) is 1. The fraction of sp³-hybridized carbons (Fsp3) is 0.208. The lowest BCUT2D eigenvalue weighted by molar-refractivity contribution is -0.136. The highest BCUT2D eigenvalue weighted by molar-refractivity contribution is 6.00. The summed E-state index contributed by atoms with van der Waals surface area (Å²) in [5, 5.41) is 9.82. The molecule has 146 valence electrons. The van der Waals surface area contributed by atoms with E-state index in [2.05, 4.69) is 6.07 Å². The summed E-state index contributed by atoms with van der Waals surface area (Å²) in [6.45, 7) is 4.06. The van der Waals surface area contributed by atoms with E-state index >= 15 is 0 Å². The Morgan fingerprint density at radius 3 is 2.76 bits per heavy atom. The first kappa shape index (κ1) is 20.1. The number of hydrogen-bond acceptors (Lipinski definition) is 4. The second-order valence-corrected chi connectivity index (χ2v) is 6.89. The molecule has 0 aliphatic rings. The molecule has 0 atom stereocenters. The Morgan fingerprint density at radius 1 is 1.17 bits per heavy atom. The molecule has 0 spiro atoms. The zero-order valence-corrected chi connectivity index (χ0v) is 16.5. The normalized spacial score (nSPS) is 10.9. The van der Waals surface area contributed by atoms with Crippen LogP contribution in [0.2, 0.25) is 0 Å². The highest BCUT2D eigenvalue weighted by Gasteiger charge is 2.12. The highest BCUT2D eigenvalue weighted by atomic mass is 16.5. The molecular weight excluding hydrogens is 364 g/mol. The number of benzene rings is 2. The van der Waals surface area contributed by atoms with Gasteiger partial charge < -0.3 is 9.30 Å². The topological polar surface area (TPSA) is 72.1 Å². The average Bonchev–Trinajstić information content (AvgIpc) is 3.08. The number of fused-ring (bicyclic) bond motifs is 1. The summed E-state index contributed by atoms with van der Waals surface area (Å²) in [5.41, 5.74) is 4.27. The minimum Gasteiger partial charge on any atom is -0.454 e. The van der Waals surface area contributed by atoms with Gasteiger partial charge in [0.2, 0.25) is 5.78 Å². The Balaban J connectivity index is 1.69. The van der Waals surface area contributed by atoms with Crippen molar-refractivity contribution in [1.29, 1.82) is 5.26 Å². The van der Waals surface area contributed by atoms with Gasteiger partial charge in [0.25, 0.3) is 0 Å². The van der Waals surface area contributed by atoms with Crippen LogP contribution in [-0.4, -0.2) is 22.9 Å². The van der Waals surface area contributed by atoms with Gasteiger partial charge in [0.15, 0.2) is 6.61 Å². The predicted molar refractivity (Wildman–Crippen MR) is 112 cm³/mol. The van der Waals surface area contributed by atoms with Crippen molar-refractivity contribution in [3.05, 3.63) is 77.0 Å². The SMILES string of the molecule is Cc1ccc(C)c(C(=O)COC(=O)/C=C/c2cn(CCC#N)c3ccccc23)c1. The number of nitriles is 1. The Bertz CT molecular complexity index is 1130. The van der Waals surface area contributed by atoms with Crippen LogP contribution >= 0.6 is 0 Å². The fourth-order valence-electron chi connectivity index (χ4n) is 3.22. The number of hydrogen-bond donors (Lipinski definition) is 0. The molecule has 0 unspecified atom stereocenters. The van der Waals surface area contributed by atoms with Crippen LogP contribution in [-0.2, 0) is 16.1 Å². The number of nitrogens with zero attached hydrogens (tertiary/aromatic N) is 2. The lowest BCUT2D eigenvalue weighted by atomic mass is 10.0. The van der Waals surface area contributed by atoms with Crippen molar-refractivity contribution in [2.24, 2.45) is 0 Å². The third kappa shape index (κ3) is 4.80. The number of carbonyl (C=O) groups is 2. The number of aromatic nitrogens is 1. The number of ketones is 1. The zero-order chi connectivity index (χ0) is 20.8. The summed E-state index contributed by atoms with van der Waals surface area (Å²) in [6, 6.07) is 15.6. The summed E-state index contributed by atoms with van der Waals surface area (Å²) >= 11 is 0. The molecule has 1 heterocycles. The average molecular weight is 386 g/mol. The van der Waals surface area contributed by atoms with Gasteiger partial charge in [-0.1, -0.05) is 35.9 Å². The van der Waals surface area contributed by atoms with Crippen molar-refractivity contribution in [2.75, 3.05) is 6.61 Å². The lowest BCUT2D eigenvalue weighted by Crippen LogP contribution is -2.13. The first-order valence-corrected chi connectivity index (χ1v) is 9.39. The molecule has 0 saturated heterocycles. The largest absolute Gasteiger partial charge is 0.454 e. The van der Waals surface area contributed by atoms with Crippen molar-refractivity contribution in [3.63, 3.8) is 0 Å². The third-order valence-corrected chi connectivity index (χ3v) is 4.72. The molecule has 0 bridgehead atoms. The summed E-state index contributed by atoms with van der Waals surface area (Å²) in [5.74, 6) is -0.793. The smallest absolute Gasteiger partial charge is 0.331 e. The van der Waals surface area contributed by atoms with E-state index in [1.165, 1.54) is 6.08 Å². The number of para-hydroxylation sites is 1. The van der Waals surface area contributed by atoms with E-state index < -0.39 is 5.97 Å². The van der Waals surface area contributed by atoms with Gasteiger partial charge in [-0.3, -0.25) is 4.79 Å². The van der Waals surface area contributed by atoms with Gasteiger partial charge in [0.05, 0.1) is 12.5 Å². The molecule has 3 rings (SSSR count). The van der Waals surface area contributed by atoms with Crippen LogP contribution < -0.4 is 0 Å². The molecular formula is C24H22N2O3. The maximum atomic E-state index is 12.3. The van der Waals surface area contributed by atoms with Crippen molar-refractivity contribution >= 4 is 28.7 Å². The minimum atomic E-state index is -0.572. The molecule has 29 heavy (non-hydrogen) atoms. The van der Waals surface area contributed by atoms with Crippen LogP contribution in [0.4, 0.5) is 0 Å². The molecule has 3 aromatic rings. The van der Waals surface area contributed by atoms with Crippen molar-refractivity contribution < 1.29 is 14.3 Å². The Hall–Kier alpha value is -3.65. The number of rotatable bonds is 7. The molecule has 5 nitrogen and oxygen atoms in total. The molecule has 1 aromatic heterocycles. The van der Waals surface area contributed by atoms with E-state index in [0.717, 1.165) is 27.6 Å². The van der Waals surface area contributed by atoms with Gasteiger partial charge in [0.1, 0.15) is 0 Å². The molecule has 0 aliphatic carbocycles. The molecule has 0 N–H and O–H groups in total. The quantitative estimate of drug-likeness (QED) is 0.338. The Labute approximate surface area is 169 Å². The number of esters is 1. The van der Waals surface area contributed by atoms with Crippen molar-refractivity contribution in [1.82, 2.24) is 4.57 Å². The van der Waals surface area contributed by atoms with E-state index in [9.17, 15) is 9.59 Å². The second kappa shape index (κ2) is 9.03. The molecule has 0 aliphatic heterocycles. The van der Waals surface area contributed by atoms with Gasteiger partial charge in [0, 0.05) is 40.8 Å². The number of aryl methyl sites for hydroxylation is 3. The van der Waals surface area contributed by atoms with Crippen molar-refractivity contribution in [3.8, 4) is 6.07 Å². The summed E-state index contributed by atoms with van der Waals surface area (Å²) in [6.07, 6.45) is 5.32. The van der Waals surface area contributed by atoms with Crippen LogP contribution in [0.25, 0.3) is 17.0 Å². The van der Waals surface area contributed by atoms with Crippen molar-refractivity contribution in [2.45, 2.75) is 26.8 Å². The monoisotopic (exact) mass is 386 g/mol. The first-order valence-electron chi connectivity index (χ1n) is 9.39. The summed E-state index contributed by atoms with van der Waals surface area (Å²) in [7, 11) is 0. The zero-order valence-electron chi connectivity index (χ0n) is 16.5. The molecule has 2 aromatic carbocycles. The van der Waals surface area contributed by atoms with Crippen LogP contribution in [0, 0.1) is 25.2 Å². The standard InChI is InChI=1S/C24H22N2O3/c1-17-8-9-18(2)21(14-17)23(27)16-29-24(28)11-10-19-15-26(13-5-12-25)22-7-4-3-6-20(19)22/h3-4,6-11,14-15H,5,13,16H2,1-2H3/b11-10+. The Kier molecular flexibility index (Phi) is 6.25. The molecule has 5 heteroatoms. The van der Waals surface area contributed by atoms with E-state index in [-0.39, 0.29) is 12.4 Å². The minimum absolute atomic E-state index is 0.221. The molecule has 0 amide bonds. The van der Waals surface area contributed by atoms with Gasteiger partial charge in [-0.25, -0.2) is 4.79 Å². The van der Waals surface area contributed by atoms with Crippen LogP contribution in [0.5, 0.6) is 0 Å². The first-order chi connectivity index (χ1) is 14.0.